The molecule has 6 heterocycles. The van der Waals surface area contributed by atoms with Crippen molar-refractivity contribution < 1.29 is 8.83 Å². The van der Waals surface area contributed by atoms with Crippen LogP contribution in [0.1, 0.15) is 5.56 Å². The van der Waals surface area contributed by atoms with Gasteiger partial charge in [-0.2, -0.15) is 0 Å². The minimum Gasteiger partial charge on any atom is -0.461 e. The van der Waals surface area contributed by atoms with Crippen LogP contribution >= 0.6 is 0 Å². The van der Waals surface area contributed by atoms with Crippen molar-refractivity contribution in [1.29, 1.82) is 0 Å². The summed E-state index contributed by atoms with van der Waals surface area (Å²) in [5.74, 6) is 1.69. The normalized spacial score (nSPS) is 12.3. The maximum Gasteiger partial charge on any atom is 0.263 e. The number of para-hydroxylation sites is 2. The summed E-state index contributed by atoms with van der Waals surface area (Å²) in [7, 11) is 0. The number of fused-ring (bicyclic) bond motifs is 10. The molecule has 11 aromatic rings. The number of hydrogen-bond acceptors (Lipinski definition) is 3. The first-order chi connectivity index (χ1) is 25.3. The molecule has 0 atom stereocenters. The molecular formula is C46H28N2O3. The van der Waals surface area contributed by atoms with E-state index in [0.717, 1.165) is 67.2 Å². The average molecular weight is 657 g/mol. The van der Waals surface area contributed by atoms with Gasteiger partial charge in [-0.15, -0.1) is 0 Å². The van der Waals surface area contributed by atoms with Crippen LogP contribution in [-0.4, -0.2) is 8.97 Å². The molecule has 0 N–H and O–H groups in total. The molecule has 0 amide bonds. The number of nitrogens with zero attached hydrogens (tertiary/aromatic N) is 2. The SMILES string of the molecule is O=c1c2ccccc2c2cccc3c4coc(-c5ccccc5)c4n1c23.c1ccc(-c2occ3c4cccc5c4n(c23)Cc2ccccc2-5)cc1. The molecule has 0 radical (unpaired) electrons. The fraction of sp³-hybridized carbons (Fsp3) is 0.0217. The highest BCUT2D eigenvalue weighted by atomic mass is 16.3. The third-order valence-corrected chi connectivity index (χ3v) is 10.5. The van der Waals surface area contributed by atoms with Gasteiger partial charge < -0.3 is 13.4 Å². The van der Waals surface area contributed by atoms with Crippen LogP contribution < -0.4 is 5.56 Å². The highest BCUT2D eigenvalue weighted by Gasteiger charge is 2.25. The molecule has 1 aliphatic rings. The number of furan rings is 2. The molecule has 0 unspecified atom stereocenters. The van der Waals surface area contributed by atoms with Gasteiger partial charge in [0, 0.05) is 55.6 Å². The first kappa shape index (κ1) is 28.0. The van der Waals surface area contributed by atoms with Gasteiger partial charge >= 0.3 is 0 Å². The van der Waals surface area contributed by atoms with Crippen LogP contribution in [0.4, 0.5) is 0 Å². The van der Waals surface area contributed by atoms with E-state index < -0.39 is 0 Å². The lowest BCUT2D eigenvalue weighted by Gasteiger charge is -2.20. The van der Waals surface area contributed by atoms with Gasteiger partial charge in [0.05, 0.1) is 16.6 Å². The lowest BCUT2D eigenvalue weighted by molar-refractivity contribution is 0.585. The van der Waals surface area contributed by atoms with Crippen LogP contribution in [0.3, 0.4) is 0 Å². The van der Waals surface area contributed by atoms with Gasteiger partial charge in [-0.3, -0.25) is 9.20 Å². The van der Waals surface area contributed by atoms with Crippen LogP contribution in [0.5, 0.6) is 0 Å². The number of pyridine rings is 1. The molecule has 0 aliphatic carbocycles. The molecule has 5 aromatic heterocycles. The number of rotatable bonds is 2. The molecule has 5 heteroatoms. The number of benzene rings is 6. The van der Waals surface area contributed by atoms with Crippen LogP contribution in [0.25, 0.3) is 93.5 Å². The van der Waals surface area contributed by atoms with Gasteiger partial charge in [0.25, 0.3) is 5.56 Å². The molecule has 240 valence electrons. The first-order valence-electron chi connectivity index (χ1n) is 17.2. The number of aromatic nitrogens is 2. The Bertz CT molecular complexity index is 3180. The van der Waals surface area contributed by atoms with Gasteiger partial charge in [0.1, 0.15) is 18.0 Å². The van der Waals surface area contributed by atoms with Crippen molar-refractivity contribution in [2.24, 2.45) is 0 Å². The molecule has 5 nitrogen and oxygen atoms in total. The summed E-state index contributed by atoms with van der Waals surface area (Å²) in [6.07, 6.45) is 3.68. The van der Waals surface area contributed by atoms with E-state index in [1.807, 2.05) is 77.4 Å². The fourth-order valence-electron chi connectivity index (χ4n) is 8.35. The minimum absolute atomic E-state index is 0.00196. The molecule has 0 fully saturated rings. The predicted octanol–water partition coefficient (Wildman–Crippen LogP) is 11.5. The van der Waals surface area contributed by atoms with E-state index in [-0.39, 0.29) is 5.56 Å². The fourth-order valence-corrected chi connectivity index (χ4v) is 8.35. The number of hydrogen-bond donors (Lipinski definition) is 0. The quantitative estimate of drug-likeness (QED) is 0.174. The highest BCUT2D eigenvalue weighted by molar-refractivity contribution is 6.21. The van der Waals surface area contributed by atoms with Gasteiger partial charge in [-0.1, -0.05) is 140 Å². The third kappa shape index (κ3) is 3.88. The molecule has 1 aliphatic heterocycles. The van der Waals surface area contributed by atoms with Gasteiger partial charge in [0.2, 0.25) is 0 Å². The zero-order valence-corrected chi connectivity index (χ0v) is 27.3. The van der Waals surface area contributed by atoms with E-state index in [9.17, 15) is 4.79 Å². The Morgan fingerprint density at radius 3 is 1.65 bits per heavy atom. The monoisotopic (exact) mass is 656 g/mol. The molecule has 0 saturated heterocycles. The van der Waals surface area contributed by atoms with E-state index in [0.29, 0.717) is 0 Å². The molecule has 6 aromatic carbocycles. The van der Waals surface area contributed by atoms with Gasteiger partial charge in [0.15, 0.2) is 11.5 Å². The molecular weight excluding hydrogens is 629 g/mol. The Balaban J connectivity index is 0.000000122. The molecule has 51 heavy (non-hydrogen) atoms. The van der Waals surface area contributed by atoms with Crippen molar-refractivity contribution in [3.63, 3.8) is 0 Å². The van der Waals surface area contributed by atoms with Gasteiger partial charge in [-0.25, -0.2) is 0 Å². The van der Waals surface area contributed by atoms with E-state index in [4.69, 9.17) is 8.83 Å². The summed E-state index contributed by atoms with van der Waals surface area (Å²) in [6, 6.07) is 49.6. The lowest BCUT2D eigenvalue weighted by Crippen LogP contribution is -2.12. The Labute approximate surface area is 291 Å². The topological polar surface area (TPSA) is 52.7 Å². The predicted molar refractivity (Wildman–Crippen MR) is 207 cm³/mol. The summed E-state index contributed by atoms with van der Waals surface area (Å²) in [4.78, 5) is 13.4. The Hall–Kier alpha value is -6.85. The summed E-state index contributed by atoms with van der Waals surface area (Å²) < 4.78 is 16.2. The second-order valence-corrected chi connectivity index (χ2v) is 13.2. The van der Waals surface area contributed by atoms with Gasteiger partial charge in [-0.05, 0) is 22.6 Å². The Kier molecular flexibility index (Phi) is 5.81. The van der Waals surface area contributed by atoms with Crippen molar-refractivity contribution in [2.45, 2.75) is 6.54 Å². The second-order valence-electron chi connectivity index (χ2n) is 13.2. The van der Waals surface area contributed by atoms with E-state index in [1.54, 1.807) is 6.26 Å². The largest absolute Gasteiger partial charge is 0.461 e. The van der Waals surface area contributed by atoms with Crippen LogP contribution in [0.2, 0.25) is 0 Å². The maximum absolute atomic E-state index is 13.4. The van der Waals surface area contributed by atoms with Crippen molar-refractivity contribution in [3.05, 3.63) is 174 Å². The van der Waals surface area contributed by atoms with E-state index in [1.165, 1.54) is 38.5 Å². The summed E-state index contributed by atoms with van der Waals surface area (Å²) in [6.45, 7) is 0.882. The zero-order valence-electron chi connectivity index (χ0n) is 27.3. The van der Waals surface area contributed by atoms with E-state index >= 15 is 0 Å². The molecule has 12 rings (SSSR count). The summed E-state index contributed by atoms with van der Waals surface area (Å²) in [5.41, 5.74) is 10.4. The van der Waals surface area contributed by atoms with Crippen molar-refractivity contribution in [3.8, 4) is 33.8 Å². The summed E-state index contributed by atoms with van der Waals surface area (Å²) >= 11 is 0. The Morgan fingerprint density at radius 2 is 0.922 bits per heavy atom. The first-order valence-corrected chi connectivity index (χ1v) is 17.2. The Morgan fingerprint density at radius 1 is 0.412 bits per heavy atom. The zero-order chi connectivity index (χ0) is 33.6. The standard InChI is InChI=1S/C23H13NO2.C23H15NO/c25-23-18-10-5-4-9-15(18)16-11-6-12-17-19-13-26-22(14-7-2-1-3-8-14)21(19)24(23)20(16)17;1-2-7-15(8-3-1)23-22-20(14-25-23)19-12-6-11-18-17-10-5-4-9-16(17)13-24(22)21(18)19/h1-13H;1-12,14H,13H2. The van der Waals surface area contributed by atoms with Crippen LogP contribution in [0, 0.1) is 0 Å². The maximum atomic E-state index is 13.4. The lowest BCUT2D eigenvalue weighted by atomic mass is 9.95. The minimum atomic E-state index is -0.00196. The highest BCUT2D eigenvalue weighted by Crippen LogP contribution is 2.45. The molecule has 0 saturated carbocycles. The van der Waals surface area contributed by atoms with Crippen molar-refractivity contribution in [2.75, 3.05) is 0 Å². The summed E-state index contributed by atoms with van der Waals surface area (Å²) in [5, 5.41) is 7.30. The average Bonchev–Trinajstić information content (AvgIpc) is 3.97. The smallest absolute Gasteiger partial charge is 0.263 e. The van der Waals surface area contributed by atoms with Crippen molar-refractivity contribution >= 4 is 59.8 Å². The van der Waals surface area contributed by atoms with Crippen molar-refractivity contribution in [1.82, 2.24) is 8.97 Å². The molecule has 0 bridgehead atoms. The van der Waals surface area contributed by atoms with Crippen LogP contribution in [-0.2, 0) is 6.54 Å². The second kappa shape index (κ2) is 10.6. The third-order valence-electron chi connectivity index (χ3n) is 10.5. The molecule has 0 spiro atoms. The van der Waals surface area contributed by atoms with Crippen LogP contribution in [0.15, 0.2) is 172 Å². The van der Waals surface area contributed by atoms with E-state index in [2.05, 4.69) is 83.4 Å².